The van der Waals surface area contributed by atoms with E-state index in [1.807, 2.05) is 51.1 Å². The van der Waals surface area contributed by atoms with E-state index in [9.17, 15) is 0 Å². The van der Waals surface area contributed by atoms with E-state index in [0.717, 1.165) is 5.56 Å². The van der Waals surface area contributed by atoms with Gasteiger partial charge in [0.25, 0.3) is 0 Å². The van der Waals surface area contributed by atoms with Crippen molar-refractivity contribution < 1.29 is 4.84 Å². The van der Waals surface area contributed by atoms with Crippen molar-refractivity contribution in [3.63, 3.8) is 0 Å². The lowest BCUT2D eigenvalue weighted by atomic mass is 10.00. The van der Waals surface area contributed by atoms with Gasteiger partial charge in [-0.25, -0.2) is 0 Å². The summed E-state index contributed by atoms with van der Waals surface area (Å²) in [7, 11) is 0. The first kappa shape index (κ1) is 14.3. The van der Waals surface area contributed by atoms with Gasteiger partial charge in [-0.1, -0.05) is 74.5 Å². The maximum Gasteiger partial charge on any atom is 0.142 e. The fourth-order valence-corrected chi connectivity index (χ4v) is 1.75. The second-order valence-corrected chi connectivity index (χ2v) is 5.79. The van der Waals surface area contributed by atoms with Gasteiger partial charge in [0.2, 0.25) is 0 Å². The van der Waals surface area contributed by atoms with Crippen molar-refractivity contribution in [3.8, 4) is 11.1 Å². The van der Waals surface area contributed by atoms with E-state index in [1.165, 1.54) is 11.1 Å². The molecule has 20 heavy (non-hydrogen) atoms. The van der Waals surface area contributed by atoms with Gasteiger partial charge in [-0.05, 0) is 22.8 Å². The molecule has 2 aromatic carbocycles. The highest BCUT2D eigenvalue weighted by molar-refractivity contribution is 5.64. The Labute approximate surface area is 121 Å². The van der Waals surface area contributed by atoms with Crippen molar-refractivity contribution in [1.82, 2.24) is 0 Å². The predicted octanol–water partition coefficient (Wildman–Crippen LogP) is 4.78. The van der Waals surface area contributed by atoms with Gasteiger partial charge < -0.3 is 4.84 Å². The van der Waals surface area contributed by atoms with Gasteiger partial charge in [0, 0.05) is 5.41 Å². The van der Waals surface area contributed by atoms with Crippen LogP contribution in [0.2, 0.25) is 0 Å². The average Bonchev–Trinajstić information content (AvgIpc) is 2.44. The van der Waals surface area contributed by atoms with Gasteiger partial charge in [-0.2, -0.15) is 0 Å². The summed E-state index contributed by atoms with van der Waals surface area (Å²) in [6.45, 7) is 6.57. The molecule has 2 heteroatoms. The number of rotatable bonds is 4. The zero-order chi connectivity index (χ0) is 14.4. The third-order valence-corrected chi connectivity index (χ3v) is 2.71. The maximum atomic E-state index is 5.30. The average molecular weight is 266 g/mol. The lowest BCUT2D eigenvalue weighted by Gasteiger charge is -2.08. The topological polar surface area (TPSA) is 21.6 Å². The number of hydrogen-bond donors (Lipinski definition) is 0. The van der Waals surface area contributed by atoms with Gasteiger partial charge in [0.05, 0.1) is 0 Å². The summed E-state index contributed by atoms with van der Waals surface area (Å²) in [6.07, 6.45) is 2.94. The van der Waals surface area contributed by atoms with Crippen molar-refractivity contribution in [2.45, 2.75) is 27.4 Å². The summed E-state index contributed by atoms with van der Waals surface area (Å²) in [4.78, 5) is 5.30. The van der Waals surface area contributed by atoms with Crippen LogP contribution < -0.4 is 0 Å². The third kappa shape index (κ3) is 4.54. The summed E-state index contributed by atoms with van der Waals surface area (Å²) >= 11 is 0. The quantitative estimate of drug-likeness (QED) is 0.576. The van der Waals surface area contributed by atoms with Gasteiger partial charge in [0.15, 0.2) is 0 Å². The molecule has 0 spiro atoms. The molecule has 0 saturated heterocycles. The van der Waals surface area contributed by atoms with Gasteiger partial charge in [-0.15, -0.1) is 0 Å². The molecule has 0 N–H and O–H groups in total. The summed E-state index contributed by atoms with van der Waals surface area (Å²) < 4.78 is 0. The monoisotopic (exact) mass is 266 g/mol. The molecule has 0 unspecified atom stereocenters. The molecule has 0 amide bonds. The Hall–Kier alpha value is -2.09. The summed E-state index contributed by atoms with van der Waals surface area (Å²) in [5.41, 5.74) is 3.42. The summed E-state index contributed by atoms with van der Waals surface area (Å²) in [5, 5.41) is 3.89. The van der Waals surface area contributed by atoms with Crippen LogP contribution in [0.25, 0.3) is 11.1 Å². The van der Waals surface area contributed by atoms with Crippen LogP contribution in [0, 0.1) is 5.41 Å². The molecule has 2 rings (SSSR count). The highest BCUT2D eigenvalue weighted by Gasteiger charge is 2.06. The molecule has 103 valence electrons. The van der Waals surface area contributed by atoms with E-state index in [4.69, 9.17) is 4.84 Å². The molecule has 0 saturated carbocycles. The Kier molecular flexibility index (Phi) is 4.57. The molecule has 0 aromatic heterocycles. The van der Waals surface area contributed by atoms with Crippen molar-refractivity contribution in [1.29, 1.82) is 0 Å². The molecule has 0 aliphatic heterocycles. The smallest absolute Gasteiger partial charge is 0.142 e. The van der Waals surface area contributed by atoms with E-state index in [1.54, 1.807) is 0 Å². The molecular formula is C18H20NO. The summed E-state index contributed by atoms with van der Waals surface area (Å²) in [6, 6.07) is 18.6. The lowest BCUT2D eigenvalue weighted by molar-refractivity contribution is 0.129. The molecule has 0 aliphatic carbocycles. The van der Waals surface area contributed by atoms with E-state index < -0.39 is 0 Å². The molecule has 2 nitrogen and oxygen atoms in total. The zero-order valence-electron chi connectivity index (χ0n) is 12.3. The van der Waals surface area contributed by atoms with Crippen LogP contribution in [0.3, 0.4) is 0 Å². The van der Waals surface area contributed by atoms with E-state index >= 15 is 0 Å². The van der Waals surface area contributed by atoms with Crippen molar-refractivity contribution in [2.24, 2.45) is 10.6 Å². The normalized spacial score (nSPS) is 11.8. The van der Waals surface area contributed by atoms with Crippen LogP contribution in [0.5, 0.6) is 0 Å². The fraction of sp³-hybridized carbons (Fsp3) is 0.278. The van der Waals surface area contributed by atoms with Crippen LogP contribution in [0.1, 0.15) is 26.3 Å². The molecule has 0 aliphatic rings. The number of nitrogens with zero attached hydrogens (tertiary/aromatic N) is 1. The first-order valence-electron chi connectivity index (χ1n) is 6.78. The molecule has 0 heterocycles. The van der Waals surface area contributed by atoms with Crippen molar-refractivity contribution >= 4 is 6.21 Å². The minimum Gasteiger partial charge on any atom is -0.391 e. The fourth-order valence-electron chi connectivity index (χ4n) is 1.75. The van der Waals surface area contributed by atoms with E-state index in [-0.39, 0.29) is 5.41 Å². The number of hydrogen-bond acceptors (Lipinski definition) is 2. The van der Waals surface area contributed by atoms with Crippen molar-refractivity contribution in [3.05, 3.63) is 60.2 Å². The highest BCUT2D eigenvalue weighted by Crippen LogP contribution is 2.20. The van der Waals surface area contributed by atoms with Crippen molar-refractivity contribution in [2.75, 3.05) is 0 Å². The SMILES string of the molecule is CC(C)(C)/[C]=N\OCc1cccc(-c2ccccc2)c1. The van der Waals surface area contributed by atoms with Gasteiger partial charge >= 0.3 is 0 Å². The van der Waals surface area contributed by atoms with E-state index in [0.29, 0.717) is 6.61 Å². The van der Waals surface area contributed by atoms with Crippen LogP contribution >= 0.6 is 0 Å². The van der Waals surface area contributed by atoms with Gasteiger partial charge in [-0.3, -0.25) is 0 Å². The molecule has 0 atom stereocenters. The first-order chi connectivity index (χ1) is 9.54. The first-order valence-corrected chi connectivity index (χ1v) is 6.78. The summed E-state index contributed by atoms with van der Waals surface area (Å²) in [5.74, 6) is 0. The minimum absolute atomic E-state index is 0.0775. The van der Waals surface area contributed by atoms with Crippen LogP contribution in [-0.4, -0.2) is 6.21 Å². The molecular weight excluding hydrogens is 246 g/mol. The minimum atomic E-state index is -0.0775. The Morgan fingerprint density at radius 1 is 0.950 bits per heavy atom. The van der Waals surface area contributed by atoms with Gasteiger partial charge in [0.1, 0.15) is 12.8 Å². The Morgan fingerprint density at radius 2 is 1.65 bits per heavy atom. The predicted molar refractivity (Wildman–Crippen MR) is 83.6 cm³/mol. The Morgan fingerprint density at radius 3 is 2.35 bits per heavy atom. The second-order valence-electron chi connectivity index (χ2n) is 5.79. The number of benzene rings is 2. The second kappa shape index (κ2) is 6.38. The molecule has 2 aromatic rings. The van der Waals surface area contributed by atoms with Crippen LogP contribution in [0.15, 0.2) is 59.8 Å². The molecule has 0 bridgehead atoms. The highest BCUT2D eigenvalue weighted by atomic mass is 16.6. The Balaban J connectivity index is 2.02. The Bertz CT molecular complexity index is 567. The molecule has 0 fully saturated rings. The van der Waals surface area contributed by atoms with Crippen LogP contribution in [-0.2, 0) is 11.4 Å². The van der Waals surface area contributed by atoms with E-state index in [2.05, 4.69) is 35.6 Å². The largest absolute Gasteiger partial charge is 0.391 e. The zero-order valence-corrected chi connectivity index (χ0v) is 12.3. The van der Waals surface area contributed by atoms with Crippen LogP contribution in [0.4, 0.5) is 0 Å². The lowest BCUT2D eigenvalue weighted by Crippen LogP contribution is -2.06. The standard InChI is InChI=1S/C18H20NO/c1-18(2,3)14-19-20-13-15-8-7-11-17(12-15)16-9-5-4-6-10-16/h4-12H,13H2,1-3H3. The maximum absolute atomic E-state index is 5.30. The third-order valence-electron chi connectivity index (χ3n) is 2.71. The molecule has 1 radical (unpaired) electrons.